The molecule has 0 aliphatic carbocycles. The molecule has 1 aromatic carbocycles. The van der Waals surface area contributed by atoms with Gasteiger partial charge in [-0.3, -0.25) is 19.2 Å². The Morgan fingerprint density at radius 3 is 2.87 bits per heavy atom. The van der Waals surface area contributed by atoms with Crippen molar-refractivity contribution in [2.24, 2.45) is 0 Å². The SMILES string of the molecule is CS1(C)NC(C(=O)Nc2ccc(F)c(Cl)c2)CC(c2ncc(-c3cccnc3)s2)N1. The number of hydrogen-bond donors (Lipinski definition) is 3. The Bertz CT molecular complexity index is 1060. The topological polar surface area (TPSA) is 78.9 Å². The number of carbonyl (C=O) groups excluding carboxylic acids is 1. The van der Waals surface area contributed by atoms with Crippen molar-refractivity contribution in [2.45, 2.75) is 18.5 Å². The van der Waals surface area contributed by atoms with Crippen LogP contribution in [-0.4, -0.2) is 34.4 Å². The van der Waals surface area contributed by atoms with Gasteiger partial charge in [-0.25, -0.2) is 9.37 Å². The maximum Gasteiger partial charge on any atom is 0.242 e. The average molecular weight is 466 g/mol. The van der Waals surface area contributed by atoms with Crippen LogP contribution in [0, 0.1) is 5.82 Å². The van der Waals surface area contributed by atoms with E-state index in [0.29, 0.717) is 12.1 Å². The zero-order valence-electron chi connectivity index (χ0n) is 16.4. The van der Waals surface area contributed by atoms with Gasteiger partial charge in [0.2, 0.25) is 5.91 Å². The lowest BCUT2D eigenvalue weighted by atomic mass is 10.1. The highest BCUT2D eigenvalue weighted by Crippen LogP contribution is 2.42. The molecule has 1 amide bonds. The molecule has 1 aliphatic rings. The van der Waals surface area contributed by atoms with Gasteiger partial charge in [0.15, 0.2) is 0 Å². The molecule has 10 heteroatoms. The van der Waals surface area contributed by atoms with E-state index in [9.17, 15) is 9.18 Å². The zero-order chi connectivity index (χ0) is 21.3. The third kappa shape index (κ3) is 4.81. The first kappa shape index (κ1) is 21.2. The molecule has 6 nitrogen and oxygen atoms in total. The number of pyridine rings is 1. The van der Waals surface area contributed by atoms with E-state index in [1.54, 1.807) is 17.5 Å². The molecule has 2 atom stereocenters. The van der Waals surface area contributed by atoms with Crippen LogP contribution >= 0.6 is 33.3 Å². The van der Waals surface area contributed by atoms with Gasteiger partial charge in [-0.15, -0.1) is 21.7 Å². The number of rotatable bonds is 4. The van der Waals surface area contributed by atoms with E-state index in [0.717, 1.165) is 15.4 Å². The van der Waals surface area contributed by atoms with Crippen molar-refractivity contribution in [1.82, 2.24) is 19.4 Å². The quantitative estimate of drug-likeness (QED) is 0.527. The van der Waals surface area contributed by atoms with E-state index in [1.807, 2.05) is 24.5 Å². The van der Waals surface area contributed by atoms with Crippen LogP contribution in [0.3, 0.4) is 0 Å². The Balaban J connectivity index is 1.51. The van der Waals surface area contributed by atoms with Gasteiger partial charge in [-0.2, -0.15) is 0 Å². The summed E-state index contributed by atoms with van der Waals surface area (Å²) in [7, 11) is -1.43. The first-order valence-electron chi connectivity index (χ1n) is 9.21. The molecule has 0 saturated carbocycles. The monoisotopic (exact) mass is 465 g/mol. The van der Waals surface area contributed by atoms with E-state index >= 15 is 0 Å². The highest BCUT2D eigenvalue weighted by atomic mass is 35.5. The molecular weight excluding hydrogens is 445 g/mol. The minimum absolute atomic E-state index is 0.0272. The van der Waals surface area contributed by atoms with Crippen molar-refractivity contribution in [3.63, 3.8) is 0 Å². The number of anilines is 1. The van der Waals surface area contributed by atoms with Gasteiger partial charge in [-0.05, 0) is 43.2 Å². The molecule has 0 bridgehead atoms. The van der Waals surface area contributed by atoms with Crippen molar-refractivity contribution in [3.8, 4) is 10.4 Å². The van der Waals surface area contributed by atoms with Gasteiger partial charge in [0.05, 0.1) is 22.0 Å². The van der Waals surface area contributed by atoms with Crippen LogP contribution in [0.2, 0.25) is 5.02 Å². The molecular formula is C20H21ClFN5OS2. The van der Waals surface area contributed by atoms with Crippen molar-refractivity contribution in [3.05, 3.63) is 64.8 Å². The van der Waals surface area contributed by atoms with Crippen molar-refractivity contribution < 1.29 is 9.18 Å². The summed E-state index contributed by atoms with van der Waals surface area (Å²) >= 11 is 7.42. The minimum Gasteiger partial charge on any atom is -0.325 e. The molecule has 158 valence electrons. The Morgan fingerprint density at radius 2 is 2.13 bits per heavy atom. The molecule has 1 saturated heterocycles. The van der Waals surface area contributed by atoms with E-state index in [1.165, 1.54) is 18.2 Å². The lowest BCUT2D eigenvalue weighted by Crippen LogP contribution is -2.52. The fourth-order valence-electron chi connectivity index (χ4n) is 3.28. The molecule has 2 unspecified atom stereocenters. The maximum atomic E-state index is 13.4. The van der Waals surface area contributed by atoms with Crippen molar-refractivity contribution in [1.29, 1.82) is 0 Å². The molecule has 30 heavy (non-hydrogen) atoms. The van der Waals surface area contributed by atoms with Crippen LogP contribution in [0.4, 0.5) is 10.1 Å². The molecule has 0 spiro atoms. The Hall–Kier alpha value is -2.04. The predicted octanol–water partition coefficient (Wildman–Crippen LogP) is 4.52. The number of amides is 1. The second kappa shape index (κ2) is 8.60. The summed E-state index contributed by atoms with van der Waals surface area (Å²) in [4.78, 5) is 22.7. The third-order valence-electron chi connectivity index (χ3n) is 4.62. The normalized spacial score (nSPS) is 21.7. The summed E-state index contributed by atoms with van der Waals surface area (Å²) in [5.74, 6) is -0.706. The van der Waals surface area contributed by atoms with E-state index in [4.69, 9.17) is 11.6 Å². The van der Waals surface area contributed by atoms with Crippen LogP contribution in [0.25, 0.3) is 10.4 Å². The van der Waals surface area contributed by atoms with Gasteiger partial charge >= 0.3 is 0 Å². The van der Waals surface area contributed by atoms with Crippen LogP contribution in [0.5, 0.6) is 0 Å². The van der Waals surface area contributed by atoms with Gasteiger partial charge < -0.3 is 5.32 Å². The second-order valence-corrected chi connectivity index (χ2v) is 11.9. The molecule has 0 radical (unpaired) electrons. The van der Waals surface area contributed by atoms with Gasteiger partial charge in [0.25, 0.3) is 0 Å². The molecule has 4 rings (SSSR count). The molecule has 1 aliphatic heterocycles. The summed E-state index contributed by atoms with van der Waals surface area (Å²) in [5.41, 5.74) is 1.48. The Labute approximate surface area is 184 Å². The summed E-state index contributed by atoms with van der Waals surface area (Å²) in [6.45, 7) is 0. The summed E-state index contributed by atoms with van der Waals surface area (Å²) in [5, 5.41) is 3.73. The number of carbonyl (C=O) groups is 1. The van der Waals surface area contributed by atoms with Crippen molar-refractivity contribution >= 4 is 44.9 Å². The fourth-order valence-corrected chi connectivity index (χ4v) is 6.41. The van der Waals surface area contributed by atoms with Crippen molar-refractivity contribution in [2.75, 3.05) is 17.8 Å². The summed E-state index contributed by atoms with van der Waals surface area (Å²) in [6.07, 6.45) is 10.1. The highest BCUT2D eigenvalue weighted by Gasteiger charge is 2.35. The lowest BCUT2D eigenvalue weighted by molar-refractivity contribution is -0.118. The van der Waals surface area contributed by atoms with Gasteiger partial charge in [0.1, 0.15) is 10.8 Å². The molecule has 1 fully saturated rings. The first-order chi connectivity index (χ1) is 14.3. The van der Waals surface area contributed by atoms with Crippen LogP contribution in [0.15, 0.2) is 48.9 Å². The van der Waals surface area contributed by atoms with Gasteiger partial charge in [-0.1, -0.05) is 17.7 Å². The van der Waals surface area contributed by atoms with Crippen LogP contribution in [-0.2, 0) is 4.79 Å². The molecule has 3 heterocycles. The first-order valence-corrected chi connectivity index (χ1v) is 12.8. The minimum atomic E-state index is -1.43. The number of nitrogens with zero attached hydrogens (tertiary/aromatic N) is 2. The standard InChI is InChI=1S/C20H21ClFN5OS2/c1-30(2)26-16(19(28)25-13-5-6-15(22)14(21)8-13)9-17(27-30)20-24-11-18(29-20)12-4-3-7-23-10-12/h3-8,10-11,16-17,26-27H,9H2,1-2H3,(H,25,28). The smallest absolute Gasteiger partial charge is 0.242 e. The lowest BCUT2D eigenvalue weighted by Gasteiger charge is -2.45. The number of benzene rings is 1. The maximum absolute atomic E-state index is 13.4. The van der Waals surface area contributed by atoms with E-state index < -0.39 is 22.3 Å². The number of aromatic nitrogens is 2. The summed E-state index contributed by atoms with van der Waals surface area (Å²) < 4.78 is 20.4. The molecule has 2 aromatic heterocycles. The number of hydrogen-bond acceptors (Lipinski definition) is 6. The average Bonchev–Trinajstić information content (AvgIpc) is 3.21. The number of thiazole rings is 1. The Morgan fingerprint density at radius 1 is 1.30 bits per heavy atom. The zero-order valence-corrected chi connectivity index (χ0v) is 18.7. The van der Waals surface area contributed by atoms with Crippen LogP contribution < -0.4 is 14.8 Å². The number of nitrogens with one attached hydrogen (secondary N) is 3. The van der Waals surface area contributed by atoms with E-state index in [-0.39, 0.29) is 17.0 Å². The largest absolute Gasteiger partial charge is 0.325 e. The fraction of sp³-hybridized carbons (Fsp3) is 0.250. The second-order valence-electron chi connectivity index (χ2n) is 7.33. The Kier molecular flexibility index (Phi) is 6.08. The third-order valence-corrected chi connectivity index (χ3v) is 7.81. The predicted molar refractivity (Wildman–Crippen MR) is 122 cm³/mol. The van der Waals surface area contributed by atoms with Crippen LogP contribution in [0.1, 0.15) is 17.5 Å². The number of halogens is 2. The highest BCUT2D eigenvalue weighted by molar-refractivity contribution is 8.29. The molecule has 3 N–H and O–H groups in total. The molecule has 3 aromatic rings. The summed E-state index contributed by atoms with van der Waals surface area (Å²) in [6, 6.07) is 7.56. The van der Waals surface area contributed by atoms with E-state index in [2.05, 4.69) is 37.2 Å². The van der Waals surface area contributed by atoms with Gasteiger partial charge in [0, 0.05) is 29.8 Å².